The van der Waals surface area contributed by atoms with Crippen molar-refractivity contribution in [2.45, 2.75) is 20.8 Å². The van der Waals surface area contributed by atoms with Gasteiger partial charge in [-0.05, 0) is 56.7 Å². The number of amides is 1. The summed E-state index contributed by atoms with van der Waals surface area (Å²) >= 11 is 0. The van der Waals surface area contributed by atoms with Crippen molar-refractivity contribution in [2.24, 2.45) is 0 Å². The Bertz CT molecular complexity index is 922. The van der Waals surface area contributed by atoms with Crippen molar-refractivity contribution in [3.63, 3.8) is 0 Å². The molecule has 0 saturated heterocycles. The first-order valence-electron chi connectivity index (χ1n) is 8.75. The van der Waals surface area contributed by atoms with E-state index in [4.69, 9.17) is 4.74 Å². The molecule has 0 unspecified atom stereocenters. The minimum Gasteiger partial charge on any atom is -0.494 e. The maximum atomic E-state index is 12.3. The van der Waals surface area contributed by atoms with Gasteiger partial charge in [-0.25, -0.2) is 9.97 Å². The number of hydrogen-bond acceptors (Lipinski definition) is 5. The molecule has 0 atom stereocenters. The van der Waals surface area contributed by atoms with Crippen molar-refractivity contribution >= 4 is 23.1 Å². The molecule has 0 aliphatic heterocycles. The highest BCUT2D eigenvalue weighted by Crippen LogP contribution is 2.20. The minimum atomic E-state index is -0.315. The summed E-state index contributed by atoms with van der Waals surface area (Å²) in [5.41, 5.74) is 4.19. The second-order valence-corrected chi connectivity index (χ2v) is 6.14. The SMILES string of the molecule is CCOc1ccc(NC(=O)c2cnc(Nc3ccc(C)cc3C)cn2)cc1. The highest BCUT2D eigenvalue weighted by atomic mass is 16.5. The van der Waals surface area contributed by atoms with E-state index >= 15 is 0 Å². The Hall–Kier alpha value is -3.41. The molecule has 138 valence electrons. The summed E-state index contributed by atoms with van der Waals surface area (Å²) in [6.07, 6.45) is 3.00. The average Bonchev–Trinajstić information content (AvgIpc) is 2.66. The third-order valence-corrected chi connectivity index (χ3v) is 3.95. The zero-order valence-corrected chi connectivity index (χ0v) is 15.6. The number of carbonyl (C=O) groups is 1. The number of carbonyl (C=O) groups excluding carboxylic acids is 1. The molecule has 0 aliphatic carbocycles. The van der Waals surface area contributed by atoms with E-state index in [2.05, 4.69) is 26.7 Å². The maximum Gasteiger partial charge on any atom is 0.275 e. The van der Waals surface area contributed by atoms with E-state index in [0.717, 1.165) is 17.0 Å². The van der Waals surface area contributed by atoms with Gasteiger partial charge in [-0.2, -0.15) is 0 Å². The molecule has 1 amide bonds. The molecule has 0 bridgehead atoms. The Labute approximate surface area is 158 Å². The van der Waals surface area contributed by atoms with Crippen LogP contribution in [-0.4, -0.2) is 22.5 Å². The van der Waals surface area contributed by atoms with E-state index in [-0.39, 0.29) is 11.6 Å². The lowest BCUT2D eigenvalue weighted by molar-refractivity contribution is 0.102. The summed E-state index contributed by atoms with van der Waals surface area (Å²) in [5, 5.41) is 6.01. The van der Waals surface area contributed by atoms with E-state index in [1.54, 1.807) is 18.3 Å². The highest BCUT2D eigenvalue weighted by molar-refractivity contribution is 6.02. The van der Waals surface area contributed by atoms with E-state index in [9.17, 15) is 4.79 Å². The van der Waals surface area contributed by atoms with Crippen molar-refractivity contribution in [3.05, 3.63) is 71.7 Å². The second kappa shape index (κ2) is 8.31. The molecular weight excluding hydrogens is 340 g/mol. The van der Waals surface area contributed by atoms with E-state index in [1.807, 2.05) is 45.0 Å². The summed E-state index contributed by atoms with van der Waals surface area (Å²) in [6, 6.07) is 13.3. The van der Waals surface area contributed by atoms with Gasteiger partial charge in [0.1, 0.15) is 17.3 Å². The molecule has 0 saturated carbocycles. The van der Waals surface area contributed by atoms with E-state index in [0.29, 0.717) is 18.1 Å². The molecule has 1 aromatic heterocycles. The predicted octanol–water partition coefficient (Wildman–Crippen LogP) is 4.49. The van der Waals surface area contributed by atoms with Crippen LogP contribution in [0.25, 0.3) is 0 Å². The number of nitrogens with one attached hydrogen (secondary N) is 2. The van der Waals surface area contributed by atoms with Crippen LogP contribution < -0.4 is 15.4 Å². The van der Waals surface area contributed by atoms with Crippen LogP contribution >= 0.6 is 0 Å². The molecule has 2 aromatic carbocycles. The zero-order chi connectivity index (χ0) is 19.2. The normalized spacial score (nSPS) is 10.3. The van der Waals surface area contributed by atoms with Gasteiger partial charge in [0.15, 0.2) is 0 Å². The Morgan fingerprint density at radius 3 is 2.44 bits per heavy atom. The quantitative estimate of drug-likeness (QED) is 0.676. The fraction of sp³-hybridized carbons (Fsp3) is 0.190. The van der Waals surface area contributed by atoms with Crippen molar-refractivity contribution in [3.8, 4) is 5.75 Å². The Morgan fingerprint density at radius 2 is 1.81 bits per heavy atom. The Kier molecular flexibility index (Phi) is 5.66. The maximum absolute atomic E-state index is 12.3. The summed E-state index contributed by atoms with van der Waals surface area (Å²) in [4.78, 5) is 20.8. The first-order valence-corrected chi connectivity index (χ1v) is 8.75. The van der Waals surface area contributed by atoms with Crippen LogP contribution in [0.15, 0.2) is 54.9 Å². The van der Waals surface area contributed by atoms with Gasteiger partial charge in [-0.15, -0.1) is 0 Å². The molecule has 0 spiro atoms. The van der Waals surface area contributed by atoms with Gasteiger partial charge in [0, 0.05) is 11.4 Å². The zero-order valence-electron chi connectivity index (χ0n) is 15.6. The molecule has 2 N–H and O–H groups in total. The molecular formula is C21H22N4O2. The molecule has 6 heteroatoms. The summed E-state index contributed by atoms with van der Waals surface area (Å²) in [6.45, 7) is 6.60. The van der Waals surface area contributed by atoms with Gasteiger partial charge in [0.2, 0.25) is 0 Å². The number of hydrogen-bond donors (Lipinski definition) is 2. The lowest BCUT2D eigenvalue weighted by atomic mass is 10.1. The second-order valence-electron chi connectivity index (χ2n) is 6.14. The van der Waals surface area contributed by atoms with Gasteiger partial charge < -0.3 is 15.4 Å². The predicted molar refractivity (Wildman–Crippen MR) is 107 cm³/mol. The van der Waals surface area contributed by atoms with Gasteiger partial charge in [-0.1, -0.05) is 17.7 Å². The van der Waals surface area contributed by atoms with Crippen molar-refractivity contribution < 1.29 is 9.53 Å². The molecule has 0 fully saturated rings. The first-order chi connectivity index (χ1) is 13.0. The fourth-order valence-electron chi connectivity index (χ4n) is 2.60. The number of ether oxygens (including phenoxy) is 1. The van der Waals surface area contributed by atoms with Crippen LogP contribution in [0.1, 0.15) is 28.5 Å². The number of aryl methyl sites for hydroxylation is 2. The van der Waals surface area contributed by atoms with Crippen LogP contribution in [0.5, 0.6) is 5.75 Å². The molecule has 27 heavy (non-hydrogen) atoms. The Morgan fingerprint density at radius 1 is 1.04 bits per heavy atom. The van der Waals surface area contributed by atoms with Crippen LogP contribution in [0.4, 0.5) is 17.2 Å². The number of benzene rings is 2. The van der Waals surface area contributed by atoms with E-state index < -0.39 is 0 Å². The first kappa shape index (κ1) is 18.4. The standard InChI is InChI=1S/C21H22N4O2/c1-4-27-17-8-6-16(7-9-17)24-21(26)19-12-23-20(13-22-19)25-18-10-5-14(2)11-15(18)3/h5-13H,4H2,1-3H3,(H,23,25)(H,24,26). The lowest BCUT2D eigenvalue weighted by Gasteiger charge is -2.10. The largest absolute Gasteiger partial charge is 0.494 e. The third-order valence-electron chi connectivity index (χ3n) is 3.95. The van der Waals surface area contributed by atoms with Gasteiger partial charge in [0.05, 0.1) is 19.0 Å². The van der Waals surface area contributed by atoms with Gasteiger partial charge >= 0.3 is 0 Å². The molecule has 3 aromatic rings. The van der Waals surface area contributed by atoms with Crippen molar-refractivity contribution in [2.75, 3.05) is 17.2 Å². The van der Waals surface area contributed by atoms with Crippen LogP contribution in [0, 0.1) is 13.8 Å². The number of nitrogens with zero attached hydrogens (tertiary/aromatic N) is 2. The third kappa shape index (κ3) is 4.82. The Balaban J connectivity index is 1.64. The summed E-state index contributed by atoms with van der Waals surface area (Å²) in [5.74, 6) is 1.03. The average molecular weight is 362 g/mol. The monoisotopic (exact) mass is 362 g/mol. The van der Waals surface area contributed by atoms with Crippen molar-refractivity contribution in [1.82, 2.24) is 9.97 Å². The highest BCUT2D eigenvalue weighted by Gasteiger charge is 2.09. The van der Waals surface area contributed by atoms with Crippen LogP contribution in [-0.2, 0) is 0 Å². The number of anilines is 3. The van der Waals surface area contributed by atoms with Gasteiger partial charge in [-0.3, -0.25) is 4.79 Å². The fourth-order valence-corrected chi connectivity index (χ4v) is 2.60. The number of aromatic nitrogens is 2. The minimum absolute atomic E-state index is 0.245. The summed E-state index contributed by atoms with van der Waals surface area (Å²) in [7, 11) is 0. The molecule has 0 radical (unpaired) electrons. The molecule has 6 nitrogen and oxygen atoms in total. The van der Waals surface area contributed by atoms with Crippen molar-refractivity contribution in [1.29, 1.82) is 0 Å². The molecule has 1 heterocycles. The smallest absolute Gasteiger partial charge is 0.275 e. The molecule has 3 rings (SSSR count). The lowest BCUT2D eigenvalue weighted by Crippen LogP contribution is -2.14. The van der Waals surface area contributed by atoms with Crippen LogP contribution in [0.2, 0.25) is 0 Å². The van der Waals surface area contributed by atoms with Gasteiger partial charge in [0.25, 0.3) is 5.91 Å². The van der Waals surface area contributed by atoms with Crippen LogP contribution in [0.3, 0.4) is 0 Å². The number of rotatable bonds is 6. The topological polar surface area (TPSA) is 76.1 Å². The molecule has 0 aliphatic rings. The van der Waals surface area contributed by atoms with E-state index in [1.165, 1.54) is 11.8 Å². The summed E-state index contributed by atoms with van der Waals surface area (Å²) < 4.78 is 5.39.